The van der Waals surface area contributed by atoms with Gasteiger partial charge in [0.1, 0.15) is 17.0 Å². The molecule has 1 N–H and O–H groups in total. The van der Waals surface area contributed by atoms with Gasteiger partial charge in [-0.2, -0.15) is 0 Å². The van der Waals surface area contributed by atoms with Crippen molar-refractivity contribution in [2.75, 3.05) is 26.7 Å². The van der Waals surface area contributed by atoms with Gasteiger partial charge in [-0.05, 0) is 64.3 Å². The fourth-order valence-corrected chi connectivity index (χ4v) is 6.31. The molecule has 2 atom stereocenters. The van der Waals surface area contributed by atoms with Crippen LogP contribution in [-0.2, 0) is 11.3 Å². The summed E-state index contributed by atoms with van der Waals surface area (Å²) in [6, 6.07) is 8.57. The number of benzene rings is 1. The Morgan fingerprint density at radius 2 is 1.86 bits per heavy atom. The molecule has 0 spiro atoms. The second-order valence-corrected chi connectivity index (χ2v) is 11.0. The van der Waals surface area contributed by atoms with Gasteiger partial charge in [0.15, 0.2) is 0 Å². The summed E-state index contributed by atoms with van der Waals surface area (Å²) in [6.45, 7) is 7.10. The van der Waals surface area contributed by atoms with Gasteiger partial charge < -0.3 is 19.5 Å². The summed E-state index contributed by atoms with van der Waals surface area (Å²) in [5.41, 5.74) is 0.645. The Labute approximate surface area is 208 Å². The van der Waals surface area contributed by atoms with E-state index in [9.17, 15) is 9.59 Å². The number of aromatic nitrogens is 1. The van der Waals surface area contributed by atoms with Gasteiger partial charge >= 0.3 is 0 Å². The van der Waals surface area contributed by atoms with Gasteiger partial charge in [0.2, 0.25) is 5.91 Å². The van der Waals surface area contributed by atoms with Crippen molar-refractivity contribution in [2.45, 2.75) is 89.4 Å². The average Bonchev–Trinajstić information content (AvgIpc) is 3.23. The van der Waals surface area contributed by atoms with Crippen LogP contribution in [0.5, 0.6) is 5.75 Å². The van der Waals surface area contributed by atoms with E-state index in [2.05, 4.69) is 17.1 Å². The van der Waals surface area contributed by atoms with Crippen LogP contribution in [0.2, 0.25) is 0 Å². The molecule has 1 aliphatic carbocycles. The monoisotopic (exact) mass is 480 g/mol. The van der Waals surface area contributed by atoms with E-state index in [1.54, 1.807) is 7.11 Å². The molecular formula is C28H40N4O3. The molecule has 2 fully saturated rings. The van der Waals surface area contributed by atoms with Gasteiger partial charge in [-0.3, -0.25) is 14.5 Å². The van der Waals surface area contributed by atoms with Crippen LogP contribution < -0.4 is 10.1 Å². The van der Waals surface area contributed by atoms with E-state index in [4.69, 9.17) is 4.74 Å². The number of fused-ring (bicyclic) bond motifs is 3. The van der Waals surface area contributed by atoms with Crippen molar-refractivity contribution in [3.05, 3.63) is 30.0 Å². The normalized spacial score (nSPS) is 26.1. The summed E-state index contributed by atoms with van der Waals surface area (Å²) >= 11 is 0. The number of carbonyl (C=O) groups is 2. The van der Waals surface area contributed by atoms with Crippen molar-refractivity contribution in [1.82, 2.24) is 19.7 Å². The van der Waals surface area contributed by atoms with Gasteiger partial charge in [0.05, 0.1) is 19.2 Å². The lowest BCUT2D eigenvalue weighted by Gasteiger charge is -2.46. The number of ether oxygens (including phenoxy) is 1. The summed E-state index contributed by atoms with van der Waals surface area (Å²) in [4.78, 5) is 32.2. The maximum atomic E-state index is 14.0. The Kier molecular flexibility index (Phi) is 6.80. The molecule has 3 aliphatic rings. The summed E-state index contributed by atoms with van der Waals surface area (Å²) in [6.07, 6.45) is 9.27. The van der Waals surface area contributed by atoms with Crippen molar-refractivity contribution in [3.63, 3.8) is 0 Å². The van der Waals surface area contributed by atoms with Crippen LogP contribution in [0.3, 0.4) is 0 Å². The highest BCUT2D eigenvalue weighted by Gasteiger charge is 2.48. The zero-order valence-corrected chi connectivity index (χ0v) is 21.5. The second-order valence-electron chi connectivity index (χ2n) is 11.0. The maximum Gasteiger partial charge on any atom is 0.271 e. The largest absolute Gasteiger partial charge is 0.497 e. The zero-order valence-electron chi connectivity index (χ0n) is 21.5. The molecule has 1 aromatic heterocycles. The van der Waals surface area contributed by atoms with Crippen LogP contribution in [0, 0.1) is 0 Å². The molecule has 1 saturated carbocycles. The maximum absolute atomic E-state index is 14.0. The lowest BCUT2D eigenvalue weighted by atomic mass is 9.91. The number of rotatable bonds is 6. The number of hydrogen-bond acceptors (Lipinski definition) is 4. The predicted octanol–water partition coefficient (Wildman–Crippen LogP) is 4.19. The standard InChI is InChI=1S/C28H40N4O3/c1-20-9-7-8-14-30(20)15-16-32-26(33)25-17-21-12-13-23(35-3)18-24(21)31(25)19-28(32,2)27(34)29-22-10-5-4-6-11-22/h12-13,17-18,20,22H,4-11,14-16,19H2,1-3H3,(H,29,34)/t20-,28+/m1/s1. The van der Waals surface area contributed by atoms with E-state index in [0.717, 1.165) is 55.4 Å². The molecule has 2 aliphatic heterocycles. The van der Waals surface area contributed by atoms with Crippen molar-refractivity contribution >= 4 is 22.7 Å². The van der Waals surface area contributed by atoms with E-state index in [-0.39, 0.29) is 17.9 Å². The Morgan fingerprint density at radius 3 is 2.60 bits per heavy atom. The first-order valence-electron chi connectivity index (χ1n) is 13.4. The average molecular weight is 481 g/mol. The first-order chi connectivity index (χ1) is 16.9. The van der Waals surface area contributed by atoms with E-state index in [0.29, 0.717) is 24.8 Å². The van der Waals surface area contributed by atoms with Crippen molar-refractivity contribution in [3.8, 4) is 5.75 Å². The molecule has 7 heteroatoms. The summed E-state index contributed by atoms with van der Waals surface area (Å²) in [7, 11) is 1.65. The minimum atomic E-state index is -0.949. The van der Waals surface area contributed by atoms with E-state index < -0.39 is 5.54 Å². The lowest BCUT2D eigenvalue weighted by Crippen LogP contribution is -2.66. The smallest absolute Gasteiger partial charge is 0.271 e. The number of carbonyl (C=O) groups excluding carboxylic acids is 2. The number of nitrogens with zero attached hydrogens (tertiary/aromatic N) is 3. The third kappa shape index (κ3) is 4.55. The van der Waals surface area contributed by atoms with Crippen LogP contribution in [0.4, 0.5) is 0 Å². The van der Waals surface area contributed by atoms with Gasteiger partial charge in [0, 0.05) is 36.6 Å². The molecule has 1 aromatic carbocycles. The van der Waals surface area contributed by atoms with E-state index in [1.165, 1.54) is 25.7 Å². The summed E-state index contributed by atoms with van der Waals surface area (Å²) in [5, 5.41) is 4.33. The SMILES string of the molecule is COc1ccc2cc3n(c2c1)C[C@@](C)(C(=O)NC1CCCCC1)N(CCN1CCCC[C@H]1C)C3=O. The van der Waals surface area contributed by atoms with Gasteiger partial charge in [-0.25, -0.2) is 0 Å². The minimum absolute atomic E-state index is 0.0279. The quantitative estimate of drug-likeness (QED) is 0.673. The number of hydrogen-bond donors (Lipinski definition) is 1. The number of piperidine rings is 1. The van der Waals surface area contributed by atoms with Crippen molar-refractivity contribution in [1.29, 1.82) is 0 Å². The molecule has 5 rings (SSSR count). The third-order valence-corrected chi connectivity index (χ3v) is 8.62. The number of likely N-dealkylation sites (tertiary alicyclic amines) is 1. The number of nitrogens with one attached hydrogen (secondary N) is 1. The molecule has 2 amide bonds. The minimum Gasteiger partial charge on any atom is -0.497 e. The predicted molar refractivity (Wildman–Crippen MR) is 138 cm³/mol. The fourth-order valence-electron chi connectivity index (χ4n) is 6.31. The van der Waals surface area contributed by atoms with Crippen LogP contribution in [0.1, 0.15) is 75.7 Å². The molecule has 7 nitrogen and oxygen atoms in total. The van der Waals surface area contributed by atoms with Gasteiger partial charge in [0.25, 0.3) is 5.91 Å². The molecule has 35 heavy (non-hydrogen) atoms. The Hall–Kier alpha value is -2.54. The molecule has 2 aromatic rings. The number of methoxy groups -OCH3 is 1. The van der Waals surface area contributed by atoms with Crippen molar-refractivity contribution < 1.29 is 14.3 Å². The molecule has 0 unspecified atom stereocenters. The Bertz CT molecular complexity index is 1090. The molecular weight excluding hydrogens is 440 g/mol. The molecule has 0 bridgehead atoms. The van der Waals surface area contributed by atoms with Gasteiger partial charge in [-0.1, -0.05) is 25.7 Å². The summed E-state index contributed by atoms with van der Waals surface area (Å²) in [5.74, 6) is 0.665. The Balaban J connectivity index is 1.48. The third-order valence-electron chi connectivity index (χ3n) is 8.62. The first kappa shape index (κ1) is 24.2. The highest BCUT2D eigenvalue weighted by molar-refractivity contribution is 6.03. The summed E-state index contributed by atoms with van der Waals surface area (Å²) < 4.78 is 7.48. The van der Waals surface area contributed by atoms with Crippen LogP contribution in [0.25, 0.3) is 10.9 Å². The van der Waals surface area contributed by atoms with E-state index >= 15 is 0 Å². The van der Waals surface area contributed by atoms with Crippen LogP contribution in [-0.4, -0.2) is 70.5 Å². The van der Waals surface area contributed by atoms with Gasteiger partial charge in [-0.15, -0.1) is 0 Å². The molecule has 0 radical (unpaired) electrons. The Morgan fingerprint density at radius 1 is 1.09 bits per heavy atom. The first-order valence-corrected chi connectivity index (χ1v) is 13.4. The zero-order chi connectivity index (χ0) is 24.6. The van der Waals surface area contributed by atoms with E-state index in [1.807, 2.05) is 40.7 Å². The highest BCUT2D eigenvalue weighted by Crippen LogP contribution is 2.34. The molecule has 3 heterocycles. The second kappa shape index (κ2) is 9.84. The van der Waals surface area contributed by atoms with Crippen LogP contribution >= 0.6 is 0 Å². The molecule has 190 valence electrons. The lowest BCUT2D eigenvalue weighted by molar-refractivity contribution is -0.134. The van der Waals surface area contributed by atoms with Crippen molar-refractivity contribution in [2.24, 2.45) is 0 Å². The highest BCUT2D eigenvalue weighted by atomic mass is 16.5. The van der Waals surface area contributed by atoms with Crippen LogP contribution in [0.15, 0.2) is 24.3 Å². The fraction of sp³-hybridized carbons (Fsp3) is 0.643. The topological polar surface area (TPSA) is 66.8 Å². The molecule has 1 saturated heterocycles. The number of amides is 2.